The van der Waals surface area contributed by atoms with Crippen LogP contribution in [0.25, 0.3) is 22.8 Å². The minimum Gasteiger partial charge on any atom is -0.345 e. The Bertz CT molecular complexity index is 1140. The predicted octanol–water partition coefficient (Wildman–Crippen LogP) is 3.68. The van der Waals surface area contributed by atoms with Gasteiger partial charge >= 0.3 is 0 Å². The summed E-state index contributed by atoms with van der Waals surface area (Å²) in [5, 5.41) is 11.1. The Kier molecular flexibility index (Phi) is 4.86. The van der Waals surface area contributed by atoms with E-state index in [1.54, 1.807) is 49.4 Å². The lowest BCUT2D eigenvalue weighted by Gasteiger charge is -2.03. The first-order chi connectivity index (χ1) is 13.6. The molecular weight excluding hydrogens is 382 g/mol. The second kappa shape index (κ2) is 7.61. The van der Waals surface area contributed by atoms with E-state index in [4.69, 9.17) is 20.6 Å². The first-order valence-electron chi connectivity index (χ1n) is 8.36. The summed E-state index contributed by atoms with van der Waals surface area (Å²) in [6, 6.07) is 14.0. The van der Waals surface area contributed by atoms with Gasteiger partial charge in [0.25, 0.3) is 11.8 Å². The molecule has 140 valence electrons. The highest BCUT2D eigenvalue weighted by Gasteiger charge is 2.13. The molecule has 0 spiro atoms. The molecule has 0 bridgehead atoms. The van der Waals surface area contributed by atoms with Crippen LogP contribution in [-0.4, -0.2) is 26.2 Å². The van der Waals surface area contributed by atoms with Gasteiger partial charge in [0, 0.05) is 28.6 Å². The molecule has 0 fully saturated rings. The van der Waals surface area contributed by atoms with Crippen molar-refractivity contribution in [2.75, 3.05) is 0 Å². The monoisotopic (exact) mass is 395 g/mol. The molecule has 2 aromatic carbocycles. The molecule has 4 rings (SSSR count). The highest BCUT2D eigenvalue weighted by molar-refractivity contribution is 6.30. The number of rotatable bonds is 5. The molecule has 2 aromatic heterocycles. The Morgan fingerprint density at radius 2 is 1.86 bits per heavy atom. The normalized spacial score (nSPS) is 10.8. The summed E-state index contributed by atoms with van der Waals surface area (Å²) >= 11 is 5.97. The Morgan fingerprint density at radius 1 is 1.04 bits per heavy atom. The summed E-state index contributed by atoms with van der Waals surface area (Å²) < 4.78 is 10.2. The lowest BCUT2D eigenvalue weighted by molar-refractivity contribution is 0.0949. The van der Waals surface area contributed by atoms with E-state index in [9.17, 15) is 4.79 Å². The van der Waals surface area contributed by atoms with Gasteiger partial charge in [-0.15, -0.1) is 0 Å². The number of nitrogens with zero attached hydrogens (tertiary/aromatic N) is 4. The Morgan fingerprint density at radius 3 is 2.64 bits per heavy atom. The summed E-state index contributed by atoms with van der Waals surface area (Å²) in [5.74, 6) is 1.29. The molecule has 0 saturated carbocycles. The van der Waals surface area contributed by atoms with E-state index in [1.807, 2.05) is 6.07 Å². The fraction of sp³-hybridized carbons (Fsp3) is 0.105. The predicted molar refractivity (Wildman–Crippen MR) is 100 cm³/mol. The first-order valence-corrected chi connectivity index (χ1v) is 8.74. The molecule has 0 saturated heterocycles. The van der Waals surface area contributed by atoms with Gasteiger partial charge < -0.3 is 14.4 Å². The summed E-state index contributed by atoms with van der Waals surface area (Å²) in [6.45, 7) is 1.82. The number of carbonyl (C=O) groups excluding carboxylic acids is 1. The number of hydrogen-bond donors (Lipinski definition) is 1. The van der Waals surface area contributed by atoms with Crippen molar-refractivity contribution in [3.63, 3.8) is 0 Å². The van der Waals surface area contributed by atoms with Gasteiger partial charge in [0.1, 0.15) is 0 Å². The van der Waals surface area contributed by atoms with Crippen molar-refractivity contribution in [1.82, 2.24) is 25.6 Å². The van der Waals surface area contributed by atoms with Crippen LogP contribution < -0.4 is 5.32 Å². The number of aryl methyl sites for hydroxylation is 1. The van der Waals surface area contributed by atoms with Crippen molar-refractivity contribution in [3.05, 3.63) is 70.8 Å². The van der Waals surface area contributed by atoms with Crippen LogP contribution in [0.4, 0.5) is 0 Å². The van der Waals surface area contributed by atoms with Gasteiger partial charge in [-0.05, 0) is 30.3 Å². The zero-order valence-electron chi connectivity index (χ0n) is 14.7. The highest BCUT2D eigenvalue weighted by Crippen LogP contribution is 2.21. The third-order valence-corrected chi connectivity index (χ3v) is 4.09. The van der Waals surface area contributed by atoms with Crippen LogP contribution in [0.2, 0.25) is 5.02 Å². The number of benzene rings is 2. The Hall–Kier alpha value is -3.52. The van der Waals surface area contributed by atoms with Gasteiger partial charge in [-0.1, -0.05) is 40.1 Å². The van der Waals surface area contributed by atoms with Crippen LogP contribution >= 0.6 is 11.6 Å². The van der Waals surface area contributed by atoms with Crippen molar-refractivity contribution in [2.45, 2.75) is 13.5 Å². The lowest BCUT2D eigenvalue weighted by atomic mass is 10.1. The third-order valence-electron chi connectivity index (χ3n) is 3.86. The van der Waals surface area contributed by atoms with Crippen LogP contribution in [-0.2, 0) is 6.54 Å². The van der Waals surface area contributed by atoms with Gasteiger partial charge in [0.15, 0.2) is 5.82 Å². The molecule has 9 heteroatoms. The average Bonchev–Trinajstić information content (AvgIpc) is 3.35. The van der Waals surface area contributed by atoms with E-state index in [-0.39, 0.29) is 12.5 Å². The molecule has 1 N–H and O–H groups in total. The molecule has 4 aromatic rings. The number of amides is 1. The number of carbonyl (C=O) groups is 1. The molecule has 0 atom stereocenters. The zero-order chi connectivity index (χ0) is 19.5. The maximum Gasteiger partial charge on any atom is 0.258 e. The molecule has 0 aliphatic rings. The van der Waals surface area contributed by atoms with Crippen LogP contribution in [0.1, 0.15) is 22.1 Å². The topological polar surface area (TPSA) is 107 Å². The fourth-order valence-electron chi connectivity index (χ4n) is 2.54. The summed E-state index contributed by atoms with van der Waals surface area (Å²) in [4.78, 5) is 20.9. The Balaban J connectivity index is 1.44. The second-order valence-corrected chi connectivity index (χ2v) is 6.36. The molecule has 0 aliphatic heterocycles. The van der Waals surface area contributed by atoms with Crippen LogP contribution in [0.5, 0.6) is 0 Å². The molecule has 28 heavy (non-hydrogen) atoms. The molecule has 2 heterocycles. The lowest BCUT2D eigenvalue weighted by Crippen LogP contribution is -2.23. The minimum atomic E-state index is -0.281. The summed E-state index contributed by atoms with van der Waals surface area (Å²) in [6.07, 6.45) is 0. The minimum absolute atomic E-state index is 0.119. The number of aromatic nitrogens is 4. The van der Waals surface area contributed by atoms with Crippen LogP contribution in [0.3, 0.4) is 0 Å². The highest BCUT2D eigenvalue weighted by atomic mass is 35.5. The summed E-state index contributed by atoms with van der Waals surface area (Å²) in [5.41, 5.74) is 1.85. The molecule has 0 unspecified atom stereocenters. The molecule has 0 radical (unpaired) electrons. The van der Waals surface area contributed by atoms with Crippen LogP contribution in [0, 0.1) is 6.92 Å². The largest absolute Gasteiger partial charge is 0.345 e. The fourth-order valence-corrected chi connectivity index (χ4v) is 2.73. The van der Waals surface area contributed by atoms with Crippen molar-refractivity contribution in [1.29, 1.82) is 0 Å². The average molecular weight is 396 g/mol. The van der Waals surface area contributed by atoms with Crippen molar-refractivity contribution in [2.24, 2.45) is 0 Å². The van der Waals surface area contributed by atoms with Gasteiger partial charge in [-0.2, -0.15) is 9.97 Å². The molecule has 8 nitrogen and oxygen atoms in total. The first kappa shape index (κ1) is 17.9. The zero-order valence-corrected chi connectivity index (χ0v) is 15.5. The number of nitrogens with one attached hydrogen (secondary N) is 1. The standard InChI is InChI=1S/C19H14ClN5O3/c1-11-22-17(25-27-11)12-4-2-5-13(8-12)18(26)21-10-16-23-19(28-24-16)14-6-3-7-15(20)9-14/h2-9H,10H2,1H3,(H,21,26). The van der Waals surface area contributed by atoms with Gasteiger partial charge in [-0.3, -0.25) is 4.79 Å². The smallest absolute Gasteiger partial charge is 0.258 e. The van der Waals surface area contributed by atoms with E-state index in [0.29, 0.717) is 45.1 Å². The number of hydrogen-bond acceptors (Lipinski definition) is 7. The van der Waals surface area contributed by atoms with E-state index in [1.165, 1.54) is 0 Å². The van der Waals surface area contributed by atoms with Gasteiger partial charge in [-0.25, -0.2) is 0 Å². The van der Waals surface area contributed by atoms with Crippen LogP contribution in [0.15, 0.2) is 57.6 Å². The SMILES string of the molecule is Cc1nc(-c2cccc(C(=O)NCc3noc(-c4cccc(Cl)c4)n3)c2)no1. The van der Waals surface area contributed by atoms with Gasteiger partial charge in [0.2, 0.25) is 11.7 Å². The van der Waals surface area contributed by atoms with Crippen molar-refractivity contribution in [3.8, 4) is 22.8 Å². The summed E-state index contributed by atoms with van der Waals surface area (Å²) in [7, 11) is 0. The molecule has 0 aliphatic carbocycles. The Labute approximate surface area is 164 Å². The van der Waals surface area contributed by atoms with Crippen molar-refractivity contribution >= 4 is 17.5 Å². The van der Waals surface area contributed by atoms with E-state index < -0.39 is 0 Å². The van der Waals surface area contributed by atoms with Crippen molar-refractivity contribution < 1.29 is 13.8 Å². The van der Waals surface area contributed by atoms with E-state index in [2.05, 4.69) is 25.6 Å². The third kappa shape index (κ3) is 3.91. The maximum absolute atomic E-state index is 12.4. The van der Waals surface area contributed by atoms with E-state index in [0.717, 1.165) is 0 Å². The number of halogens is 1. The maximum atomic E-state index is 12.4. The second-order valence-electron chi connectivity index (χ2n) is 5.93. The van der Waals surface area contributed by atoms with E-state index >= 15 is 0 Å². The molecular formula is C19H14ClN5O3. The van der Waals surface area contributed by atoms with Gasteiger partial charge in [0.05, 0.1) is 6.54 Å². The quantitative estimate of drug-likeness (QED) is 0.549. The molecule has 1 amide bonds.